The van der Waals surface area contributed by atoms with Crippen molar-refractivity contribution in [3.63, 3.8) is 0 Å². The number of benzene rings is 2. The third-order valence-corrected chi connectivity index (χ3v) is 3.68. The van der Waals surface area contributed by atoms with Gasteiger partial charge in [-0.3, -0.25) is 20.4 Å². The van der Waals surface area contributed by atoms with Crippen molar-refractivity contribution in [2.24, 2.45) is 0 Å². The van der Waals surface area contributed by atoms with Gasteiger partial charge in [-0.2, -0.15) is 13.2 Å². The fraction of sp³-hybridized carbons (Fsp3) is 0.263. The van der Waals surface area contributed by atoms with E-state index in [4.69, 9.17) is 4.74 Å². The number of carbonyl (C=O) groups is 2. The van der Waals surface area contributed by atoms with Crippen LogP contribution < -0.4 is 20.3 Å². The molecule has 0 aliphatic carbocycles. The highest BCUT2D eigenvalue weighted by molar-refractivity contribution is 5.95. The van der Waals surface area contributed by atoms with Crippen molar-refractivity contribution in [1.29, 1.82) is 0 Å². The second-order valence-electron chi connectivity index (χ2n) is 5.97. The number of aryl methyl sites for hydroxylation is 2. The first-order valence-corrected chi connectivity index (χ1v) is 8.23. The van der Waals surface area contributed by atoms with Crippen molar-refractivity contribution >= 4 is 11.8 Å². The zero-order valence-electron chi connectivity index (χ0n) is 15.2. The van der Waals surface area contributed by atoms with E-state index >= 15 is 0 Å². The van der Waals surface area contributed by atoms with Crippen LogP contribution in [-0.2, 0) is 4.79 Å². The number of amides is 2. The summed E-state index contributed by atoms with van der Waals surface area (Å²) in [6.45, 7) is 2.15. The number of alkyl halides is 3. The number of nitrogens with one attached hydrogen (secondary N) is 2. The maximum absolute atomic E-state index is 12.1. The average Bonchev–Trinajstić information content (AvgIpc) is 2.65. The molecule has 2 aromatic rings. The van der Waals surface area contributed by atoms with Crippen molar-refractivity contribution < 1.29 is 32.2 Å². The van der Waals surface area contributed by atoms with Gasteiger partial charge in [0.15, 0.2) is 13.2 Å². The van der Waals surface area contributed by atoms with E-state index in [1.165, 1.54) is 24.3 Å². The molecule has 0 unspecified atom stereocenters. The Labute approximate surface area is 159 Å². The predicted molar refractivity (Wildman–Crippen MR) is 95.0 cm³/mol. The topological polar surface area (TPSA) is 76.7 Å². The van der Waals surface area contributed by atoms with Crippen LogP contribution in [0.3, 0.4) is 0 Å². The Bertz CT molecular complexity index is 836. The predicted octanol–water partition coefficient (Wildman–Crippen LogP) is 3.08. The van der Waals surface area contributed by atoms with Gasteiger partial charge in [0.05, 0.1) is 0 Å². The van der Waals surface area contributed by atoms with Crippen molar-refractivity contribution in [2.75, 3.05) is 13.2 Å². The lowest BCUT2D eigenvalue weighted by atomic mass is 10.1. The number of rotatable bonds is 6. The van der Waals surface area contributed by atoms with Gasteiger partial charge in [-0.25, -0.2) is 0 Å². The van der Waals surface area contributed by atoms with Crippen molar-refractivity contribution in [1.82, 2.24) is 10.9 Å². The van der Waals surface area contributed by atoms with Gasteiger partial charge in [-0.15, -0.1) is 0 Å². The van der Waals surface area contributed by atoms with Crippen LogP contribution in [0.4, 0.5) is 13.2 Å². The molecule has 0 aromatic heterocycles. The van der Waals surface area contributed by atoms with Gasteiger partial charge < -0.3 is 9.47 Å². The third-order valence-electron chi connectivity index (χ3n) is 3.68. The summed E-state index contributed by atoms with van der Waals surface area (Å²) in [6, 6.07) is 10.4. The summed E-state index contributed by atoms with van der Waals surface area (Å²) in [5.74, 6) is -0.711. The maximum atomic E-state index is 12.1. The van der Waals surface area contributed by atoms with Crippen LogP contribution in [0.1, 0.15) is 21.5 Å². The molecule has 2 N–H and O–H groups in total. The molecule has 2 amide bonds. The molecule has 150 valence electrons. The number of halogens is 3. The monoisotopic (exact) mass is 396 g/mol. The van der Waals surface area contributed by atoms with E-state index in [0.29, 0.717) is 5.75 Å². The molecule has 0 saturated carbocycles. The van der Waals surface area contributed by atoms with E-state index in [-0.39, 0.29) is 17.9 Å². The molecule has 6 nitrogen and oxygen atoms in total. The van der Waals surface area contributed by atoms with Gasteiger partial charge in [-0.1, -0.05) is 6.07 Å². The standard InChI is InChI=1S/C19H19F3N2O4/c1-12-3-6-16(9-13(12)2)27-10-17(25)23-24-18(26)14-4-7-15(8-5-14)28-11-19(20,21)22/h3-9H,10-11H2,1-2H3,(H,23,25)(H,24,26). The Hall–Kier alpha value is -3.23. The molecule has 0 heterocycles. The number of hydrogen-bond acceptors (Lipinski definition) is 4. The molecule has 9 heteroatoms. The fourth-order valence-electron chi connectivity index (χ4n) is 2.06. The molecule has 0 fully saturated rings. The molecular formula is C19H19F3N2O4. The lowest BCUT2D eigenvalue weighted by Crippen LogP contribution is -2.43. The Morgan fingerprint density at radius 1 is 0.893 bits per heavy atom. The van der Waals surface area contributed by atoms with Crippen LogP contribution in [0.25, 0.3) is 0 Å². The summed E-state index contributed by atoms with van der Waals surface area (Å²) >= 11 is 0. The van der Waals surface area contributed by atoms with E-state index in [1.807, 2.05) is 19.9 Å². The highest BCUT2D eigenvalue weighted by atomic mass is 19.4. The Morgan fingerprint density at radius 3 is 2.14 bits per heavy atom. The van der Waals surface area contributed by atoms with Gasteiger partial charge in [-0.05, 0) is 61.4 Å². The van der Waals surface area contributed by atoms with Crippen LogP contribution in [0.2, 0.25) is 0 Å². The SMILES string of the molecule is Cc1ccc(OCC(=O)NNC(=O)c2ccc(OCC(F)(F)F)cc2)cc1C. The summed E-state index contributed by atoms with van der Waals surface area (Å²) in [4.78, 5) is 23.7. The quantitative estimate of drug-likeness (QED) is 0.736. The summed E-state index contributed by atoms with van der Waals surface area (Å²) < 4.78 is 46.2. The second kappa shape index (κ2) is 9.12. The molecule has 28 heavy (non-hydrogen) atoms. The lowest BCUT2D eigenvalue weighted by molar-refractivity contribution is -0.153. The smallest absolute Gasteiger partial charge is 0.422 e. The minimum atomic E-state index is -4.44. The molecule has 2 rings (SSSR count). The minimum absolute atomic E-state index is 0.0281. The summed E-state index contributed by atoms with van der Waals surface area (Å²) in [6.07, 6.45) is -4.44. The zero-order valence-corrected chi connectivity index (χ0v) is 15.2. The van der Waals surface area contributed by atoms with Crippen LogP contribution in [0.5, 0.6) is 11.5 Å². The van der Waals surface area contributed by atoms with E-state index in [2.05, 4.69) is 15.6 Å². The molecule has 0 spiro atoms. The van der Waals surface area contributed by atoms with Crippen LogP contribution in [-0.4, -0.2) is 31.2 Å². The second-order valence-corrected chi connectivity index (χ2v) is 5.97. The lowest BCUT2D eigenvalue weighted by Gasteiger charge is -2.11. The first-order chi connectivity index (χ1) is 13.1. The van der Waals surface area contributed by atoms with Crippen molar-refractivity contribution in [3.8, 4) is 11.5 Å². The van der Waals surface area contributed by atoms with Crippen molar-refractivity contribution in [2.45, 2.75) is 20.0 Å². The minimum Gasteiger partial charge on any atom is -0.484 e. The molecule has 2 aromatic carbocycles. The Morgan fingerprint density at radius 2 is 1.54 bits per heavy atom. The average molecular weight is 396 g/mol. The van der Waals surface area contributed by atoms with Gasteiger partial charge in [0.25, 0.3) is 11.8 Å². The van der Waals surface area contributed by atoms with Crippen LogP contribution in [0, 0.1) is 13.8 Å². The maximum Gasteiger partial charge on any atom is 0.422 e. The van der Waals surface area contributed by atoms with Gasteiger partial charge in [0.1, 0.15) is 11.5 Å². The number of carbonyl (C=O) groups excluding carboxylic acids is 2. The summed E-state index contributed by atoms with van der Waals surface area (Å²) in [7, 11) is 0. The largest absolute Gasteiger partial charge is 0.484 e. The molecule has 0 aliphatic heterocycles. The van der Waals surface area contributed by atoms with E-state index in [9.17, 15) is 22.8 Å². The third kappa shape index (κ3) is 6.82. The van der Waals surface area contributed by atoms with E-state index in [1.54, 1.807) is 12.1 Å². The zero-order chi connectivity index (χ0) is 20.7. The Kier molecular flexibility index (Phi) is 6.86. The number of ether oxygens (including phenoxy) is 2. The van der Waals surface area contributed by atoms with Crippen molar-refractivity contribution in [3.05, 3.63) is 59.2 Å². The normalized spacial score (nSPS) is 10.9. The molecular weight excluding hydrogens is 377 g/mol. The molecule has 0 saturated heterocycles. The van der Waals surface area contributed by atoms with Crippen LogP contribution in [0.15, 0.2) is 42.5 Å². The molecule has 0 atom stereocenters. The first kappa shape index (κ1) is 21.1. The molecule has 0 radical (unpaired) electrons. The summed E-state index contributed by atoms with van der Waals surface area (Å²) in [5.41, 5.74) is 6.64. The van der Waals surface area contributed by atoms with Gasteiger partial charge in [0.2, 0.25) is 0 Å². The van der Waals surface area contributed by atoms with E-state index < -0.39 is 24.6 Å². The van der Waals surface area contributed by atoms with E-state index in [0.717, 1.165) is 11.1 Å². The molecule has 0 aliphatic rings. The highest BCUT2D eigenvalue weighted by Gasteiger charge is 2.28. The first-order valence-electron chi connectivity index (χ1n) is 8.23. The number of hydrazine groups is 1. The fourth-order valence-corrected chi connectivity index (χ4v) is 2.06. The highest BCUT2D eigenvalue weighted by Crippen LogP contribution is 2.19. The van der Waals surface area contributed by atoms with Gasteiger partial charge in [0, 0.05) is 5.56 Å². The number of hydrogen-bond donors (Lipinski definition) is 2. The molecule has 0 bridgehead atoms. The Balaban J connectivity index is 1.77. The van der Waals surface area contributed by atoms with Gasteiger partial charge >= 0.3 is 6.18 Å². The summed E-state index contributed by atoms with van der Waals surface area (Å²) in [5, 5.41) is 0. The van der Waals surface area contributed by atoms with Crippen LogP contribution >= 0.6 is 0 Å².